The lowest BCUT2D eigenvalue weighted by atomic mass is 10.2. The smallest absolute Gasteiger partial charge is 0.263 e. The van der Waals surface area contributed by atoms with E-state index in [9.17, 15) is 8.42 Å². The van der Waals surface area contributed by atoms with E-state index in [4.69, 9.17) is 46.4 Å². The van der Waals surface area contributed by atoms with Gasteiger partial charge >= 0.3 is 0 Å². The number of nitrogens with zero attached hydrogens (tertiary/aromatic N) is 2. The van der Waals surface area contributed by atoms with Gasteiger partial charge in [-0.05, 0) is 56.2 Å². The zero-order chi connectivity index (χ0) is 21.5. The number of aromatic nitrogens is 2. The summed E-state index contributed by atoms with van der Waals surface area (Å²) in [5.74, 6) is 0. The first-order chi connectivity index (χ1) is 13.5. The van der Waals surface area contributed by atoms with Crippen molar-refractivity contribution in [3.63, 3.8) is 0 Å². The second kappa shape index (κ2) is 8.36. The highest BCUT2D eigenvalue weighted by molar-refractivity contribution is 7.92. The normalized spacial score (nSPS) is 11.7. The molecule has 3 aromatic rings. The molecule has 0 aliphatic rings. The molecule has 3 rings (SSSR count). The first kappa shape index (κ1) is 22.2. The van der Waals surface area contributed by atoms with Crippen LogP contribution in [-0.2, 0) is 16.6 Å². The van der Waals surface area contributed by atoms with Crippen LogP contribution in [0.25, 0.3) is 0 Å². The van der Waals surface area contributed by atoms with Crippen molar-refractivity contribution in [1.82, 2.24) is 9.78 Å². The Morgan fingerprint density at radius 2 is 1.66 bits per heavy atom. The molecule has 29 heavy (non-hydrogen) atoms. The highest BCUT2D eigenvalue weighted by Gasteiger charge is 2.23. The zero-order valence-corrected chi connectivity index (χ0v) is 19.6. The maximum atomic E-state index is 12.9. The van der Waals surface area contributed by atoms with Gasteiger partial charge in [0.1, 0.15) is 4.90 Å². The van der Waals surface area contributed by atoms with Gasteiger partial charge in [-0.3, -0.25) is 9.40 Å². The molecule has 0 aliphatic carbocycles. The van der Waals surface area contributed by atoms with Crippen molar-refractivity contribution in [3.8, 4) is 0 Å². The number of anilines is 1. The molecule has 0 fully saturated rings. The molecule has 0 radical (unpaired) electrons. The Morgan fingerprint density at radius 1 is 0.966 bits per heavy atom. The van der Waals surface area contributed by atoms with E-state index in [1.165, 1.54) is 12.1 Å². The largest absolute Gasteiger partial charge is 0.276 e. The molecule has 1 aromatic heterocycles. The highest BCUT2D eigenvalue weighted by Crippen LogP contribution is 2.31. The van der Waals surface area contributed by atoms with Crippen LogP contribution in [0.1, 0.15) is 22.5 Å². The molecular weight excluding hydrogens is 476 g/mol. The standard InChI is InChI=1S/C19H17Cl4N3O2S/c1-10-6-18(17(23)8-15(10)21)29(27,28)25-19-11(2)24-26(12(19)3)9-13-4-5-14(20)7-16(13)22/h4-8,25H,9H2,1-3H3. The van der Waals surface area contributed by atoms with E-state index in [-0.39, 0.29) is 9.92 Å². The molecule has 5 nitrogen and oxygen atoms in total. The molecule has 0 atom stereocenters. The molecule has 0 saturated carbocycles. The van der Waals surface area contributed by atoms with E-state index in [1.54, 1.807) is 43.7 Å². The fraction of sp³-hybridized carbons (Fsp3) is 0.211. The number of halogens is 4. The molecule has 0 bridgehead atoms. The molecule has 0 aliphatic heterocycles. The summed E-state index contributed by atoms with van der Waals surface area (Å²) in [6.07, 6.45) is 0. The molecule has 0 saturated heterocycles. The Kier molecular flexibility index (Phi) is 6.41. The Hall–Kier alpha value is -1.44. The van der Waals surface area contributed by atoms with E-state index in [1.807, 2.05) is 0 Å². The molecule has 10 heteroatoms. The van der Waals surface area contributed by atoms with Crippen molar-refractivity contribution in [2.24, 2.45) is 0 Å². The van der Waals surface area contributed by atoms with Crippen molar-refractivity contribution in [3.05, 3.63) is 72.9 Å². The van der Waals surface area contributed by atoms with E-state index in [0.717, 1.165) is 5.56 Å². The van der Waals surface area contributed by atoms with Crippen LogP contribution in [0.3, 0.4) is 0 Å². The zero-order valence-electron chi connectivity index (χ0n) is 15.7. The number of hydrogen-bond acceptors (Lipinski definition) is 3. The predicted molar refractivity (Wildman–Crippen MR) is 119 cm³/mol. The molecule has 0 spiro atoms. The third-order valence-corrected chi connectivity index (χ3v) is 7.26. The van der Waals surface area contributed by atoms with E-state index < -0.39 is 10.0 Å². The average Bonchev–Trinajstić information content (AvgIpc) is 2.87. The van der Waals surface area contributed by atoms with Gasteiger partial charge in [-0.25, -0.2) is 8.42 Å². The number of rotatable bonds is 5. The molecule has 2 aromatic carbocycles. The van der Waals surface area contributed by atoms with Crippen LogP contribution in [0, 0.1) is 20.8 Å². The summed E-state index contributed by atoms with van der Waals surface area (Å²) >= 11 is 24.3. The Balaban J connectivity index is 1.95. The molecule has 1 N–H and O–H groups in total. The first-order valence-electron chi connectivity index (χ1n) is 8.46. The molecule has 154 valence electrons. The molecular formula is C19H17Cl4N3O2S. The minimum atomic E-state index is -3.94. The van der Waals surface area contributed by atoms with Gasteiger partial charge in [-0.15, -0.1) is 0 Å². The number of hydrogen-bond donors (Lipinski definition) is 1. The Bertz CT molecular complexity index is 1210. The van der Waals surface area contributed by atoms with Crippen LogP contribution in [0.4, 0.5) is 5.69 Å². The molecule has 0 amide bonds. The molecule has 0 unspecified atom stereocenters. The summed E-state index contributed by atoms with van der Waals surface area (Å²) in [6, 6.07) is 8.05. The van der Waals surface area contributed by atoms with E-state index in [0.29, 0.717) is 44.3 Å². The lowest BCUT2D eigenvalue weighted by Crippen LogP contribution is -2.15. The SMILES string of the molecule is Cc1cc(S(=O)(=O)Nc2c(C)nn(Cc3ccc(Cl)cc3Cl)c2C)c(Cl)cc1Cl. The maximum Gasteiger partial charge on any atom is 0.263 e. The van der Waals surface area contributed by atoms with Crippen molar-refractivity contribution >= 4 is 62.1 Å². The lowest BCUT2D eigenvalue weighted by molar-refractivity contribution is 0.601. The van der Waals surface area contributed by atoms with Crippen molar-refractivity contribution in [2.75, 3.05) is 4.72 Å². The second-order valence-electron chi connectivity index (χ2n) is 6.58. The van der Waals surface area contributed by atoms with E-state index in [2.05, 4.69) is 9.82 Å². The van der Waals surface area contributed by atoms with Crippen LogP contribution in [0.15, 0.2) is 35.2 Å². The van der Waals surface area contributed by atoms with Crippen molar-refractivity contribution in [2.45, 2.75) is 32.2 Å². The minimum Gasteiger partial charge on any atom is -0.276 e. The minimum absolute atomic E-state index is 0.0451. The van der Waals surface area contributed by atoms with Gasteiger partial charge in [0.05, 0.1) is 28.6 Å². The van der Waals surface area contributed by atoms with Crippen molar-refractivity contribution < 1.29 is 8.42 Å². The monoisotopic (exact) mass is 491 g/mol. The number of benzene rings is 2. The summed E-state index contributed by atoms with van der Waals surface area (Å²) in [4.78, 5) is -0.0478. The number of sulfonamides is 1. The number of aryl methyl sites for hydroxylation is 2. The van der Waals surface area contributed by atoms with Gasteiger partial charge in [-0.1, -0.05) is 52.5 Å². The highest BCUT2D eigenvalue weighted by atomic mass is 35.5. The summed E-state index contributed by atoms with van der Waals surface area (Å²) in [6.45, 7) is 5.57. The van der Waals surface area contributed by atoms with Gasteiger partial charge in [-0.2, -0.15) is 5.10 Å². The quantitative estimate of drug-likeness (QED) is 0.456. The van der Waals surface area contributed by atoms with Gasteiger partial charge in [0.15, 0.2) is 0 Å². The van der Waals surface area contributed by atoms with Crippen molar-refractivity contribution in [1.29, 1.82) is 0 Å². The fourth-order valence-electron chi connectivity index (χ4n) is 2.84. The predicted octanol–water partition coefficient (Wildman–Crippen LogP) is 6.27. The lowest BCUT2D eigenvalue weighted by Gasteiger charge is -2.12. The summed E-state index contributed by atoms with van der Waals surface area (Å²) in [7, 11) is -3.94. The van der Waals surface area contributed by atoms with Gasteiger partial charge in [0.25, 0.3) is 10.0 Å². The Morgan fingerprint density at radius 3 is 2.31 bits per heavy atom. The Labute approximate surface area is 189 Å². The summed E-state index contributed by atoms with van der Waals surface area (Å²) in [5, 5.41) is 5.93. The number of nitrogens with one attached hydrogen (secondary N) is 1. The summed E-state index contributed by atoms with van der Waals surface area (Å²) in [5.41, 5.74) is 2.97. The topological polar surface area (TPSA) is 64.0 Å². The molecule has 1 heterocycles. The van der Waals surface area contributed by atoms with Gasteiger partial charge in [0.2, 0.25) is 0 Å². The second-order valence-corrected chi connectivity index (χ2v) is 9.89. The van der Waals surface area contributed by atoms with Gasteiger partial charge < -0.3 is 0 Å². The summed E-state index contributed by atoms with van der Waals surface area (Å²) < 4.78 is 30.1. The fourth-order valence-corrected chi connectivity index (χ4v) is 5.31. The first-order valence-corrected chi connectivity index (χ1v) is 11.5. The van der Waals surface area contributed by atoms with Crippen LogP contribution in [-0.4, -0.2) is 18.2 Å². The third kappa shape index (κ3) is 4.67. The van der Waals surface area contributed by atoms with Crippen LogP contribution >= 0.6 is 46.4 Å². The third-order valence-electron chi connectivity index (χ3n) is 4.46. The van der Waals surface area contributed by atoms with Gasteiger partial charge in [0, 0.05) is 15.1 Å². The van der Waals surface area contributed by atoms with E-state index >= 15 is 0 Å². The average molecular weight is 493 g/mol. The van der Waals surface area contributed by atoms with Crippen LogP contribution in [0.5, 0.6) is 0 Å². The van der Waals surface area contributed by atoms with Crippen LogP contribution < -0.4 is 4.72 Å². The maximum absolute atomic E-state index is 12.9. The van der Waals surface area contributed by atoms with Crippen LogP contribution in [0.2, 0.25) is 20.1 Å².